The number of rotatable bonds is 4. The van der Waals surface area contributed by atoms with Gasteiger partial charge in [0.25, 0.3) is 0 Å². The van der Waals surface area contributed by atoms with E-state index in [1.807, 2.05) is 35.2 Å². The predicted molar refractivity (Wildman–Crippen MR) is 88.1 cm³/mol. The van der Waals surface area contributed by atoms with Crippen molar-refractivity contribution in [2.75, 3.05) is 18.4 Å². The summed E-state index contributed by atoms with van der Waals surface area (Å²) in [5.74, 6) is -0.283. The third kappa shape index (κ3) is 3.36. The summed E-state index contributed by atoms with van der Waals surface area (Å²) in [4.78, 5) is 14.1. The largest absolute Gasteiger partial charge is 0.325 e. The van der Waals surface area contributed by atoms with Gasteiger partial charge in [-0.1, -0.05) is 34.1 Å². The second-order valence-corrected chi connectivity index (χ2v) is 6.27. The average molecular weight is 363 g/mol. The Morgan fingerprint density at radius 1 is 1.23 bits per heavy atom. The van der Waals surface area contributed by atoms with Crippen molar-refractivity contribution < 1.29 is 9.18 Å². The normalized spacial score (nSPS) is 17.8. The average Bonchev–Trinajstić information content (AvgIpc) is 2.48. The zero-order valence-corrected chi connectivity index (χ0v) is 13.5. The second-order valence-electron chi connectivity index (χ2n) is 5.35. The van der Waals surface area contributed by atoms with Gasteiger partial charge in [0.15, 0.2) is 0 Å². The van der Waals surface area contributed by atoms with Crippen LogP contribution in [0.15, 0.2) is 53.0 Å². The number of hydrogen-bond donors (Lipinski definition) is 1. The van der Waals surface area contributed by atoms with E-state index >= 15 is 0 Å². The van der Waals surface area contributed by atoms with Gasteiger partial charge in [-0.05, 0) is 36.8 Å². The van der Waals surface area contributed by atoms with Crippen LogP contribution in [0, 0.1) is 5.82 Å². The van der Waals surface area contributed by atoms with Crippen LogP contribution in [0.3, 0.4) is 0 Å². The first-order chi connectivity index (χ1) is 10.6. The Morgan fingerprint density at radius 2 is 1.95 bits per heavy atom. The summed E-state index contributed by atoms with van der Waals surface area (Å²) in [5, 5.41) is 2.86. The molecule has 0 aromatic heterocycles. The Bertz CT molecular complexity index is 675. The molecular formula is C17H16BrFN2O. The van der Waals surface area contributed by atoms with Crippen LogP contribution in [0.2, 0.25) is 0 Å². The summed E-state index contributed by atoms with van der Waals surface area (Å²) in [5.41, 5.74) is 1.43. The van der Waals surface area contributed by atoms with Gasteiger partial charge in [0, 0.05) is 28.3 Å². The lowest BCUT2D eigenvalue weighted by atomic mass is 9.94. The minimum atomic E-state index is -0.203. The molecule has 2 aromatic rings. The molecule has 22 heavy (non-hydrogen) atoms. The molecule has 1 aliphatic rings. The first-order valence-electron chi connectivity index (χ1n) is 7.17. The van der Waals surface area contributed by atoms with Crippen molar-refractivity contribution in [2.45, 2.75) is 12.5 Å². The fourth-order valence-electron chi connectivity index (χ4n) is 2.65. The number of nitrogens with zero attached hydrogens (tertiary/aromatic N) is 1. The Balaban J connectivity index is 1.60. The topological polar surface area (TPSA) is 32.3 Å². The van der Waals surface area contributed by atoms with Gasteiger partial charge in [-0.15, -0.1) is 0 Å². The summed E-state index contributed by atoms with van der Waals surface area (Å²) in [6.07, 6.45) is 0.881. The van der Waals surface area contributed by atoms with Crippen LogP contribution >= 0.6 is 15.9 Å². The zero-order valence-electron chi connectivity index (χ0n) is 11.9. The fourth-order valence-corrected chi connectivity index (χ4v) is 2.91. The fraction of sp³-hybridized carbons (Fsp3) is 0.235. The van der Waals surface area contributed by atoms with Gasteiger partial charge in [-0.2, -0.15) is 0 Å². The number of halogens is 2. The quantitative estimate of drug-likeness (QED) is 0.892. The highest BCUT2D eigenvalue weighted by Crippen LogP contribution is 2.34. The molecule has 1 fully saturated rings. The SMILES string of the molecule is O=C(CN1CC[C@@H]1c1ccccc1F)Nc1ccc(Br)cc1. The molecule has 3 rings (SSSR count). The highest BCUT2D eigenvalue weighted by molar-refractivity contribution is 9.10. The predicted octanol–water partition coefficient (Wildman–Crippen LogP) is 3.97. The summed E-state index contributed by atoms with van der Waals surface area (Å²) >= 11 is 3.36. The molecule has 1 aliphatic heterocycles. The maximum atomic E-state index is 13.8. The highest BCUT2D eigenvalue weighted by Gasteiger charge is 2.32. The Hall–Kier alpha value is -1.72. The number of likely N-dealkylation sites (tertiary alicyclic amines) is 1. The van der Waals surface area contributed by atoms with E-state index in [1.54, 1.807) is 12.1 Å². The van der Waals surface area contributed by atoms with Crippen molar-refractivity contribution in [2.24, 2.45) is 0 Å². The third-order valence-corrected chi connectivity index (χ3v) is 4.40. The van der Waals surface area contributed by atoms with E-state index in [4.69, 9.17) is 0 Å². The maximum Gasteiger partial charge on any atom is 0.238 e. The summed E-state index contributed by atoms with van der Waals surface area (Å²) < 4.78 is 14.8. The van der Waals surface area contributed by atoms with Gasteiger partial charge in [0.2, 0.25) is 5.91 Å². The van der Waals surface area contributed by atoms with Crippen LogP contribution in [0.4, 0.5) is 10.1 Å². The van der Waals surface area contributed by atoms with Crippen molar-refractivity contribution in [1.29, 1.82) is 0 Å². The molecule has 3 nitrogen and oxygen atoms in total. The lowest BCUT2D eigenvalue weighted by Gasteiger charge is -2.40. The van der Waals surface area contributed by atoms with Crippen molar-refractivity contribution >= 4 is 27.5 Å². The van der Waals surface area contributed by atoms with E-state index in [0.717, 1.165) is 23.1 Å². The van der Waals surface area contributed by atoms with Crippen molar-refractivity contribution in [3.05, 3.63) is 64.4 Å². The maximum absolute atomic E-state index is 13.8. The molecule has 114 valence electrons. The molecule has 0 spiro atoms. The molecular weight excluding hydrogens is 347 g/mol. The van der Waals surface area contributed by atoms with Gasteiger partial charge in [-0.25, -0.2) is 4.39 Å². The van der Waals surface area contributed by atoms with Crippen LogP contribution < -0.4 is 5.32 Å². The molecule has 0 unspecified atom stereocenters. The van der Waals surface area contributed by atoms with Crippen molar-refractivity contribution in [3.8, 4) is 0 Å². The molecule has 2 aromatic carbocycles. The molecule has 0 radical (unpaired) electrons. The number of carbonyl (C=O) groups is 1. The van der Waals surface area contributed by atoms with Crippen LogP contribution in [0.1, 0.15) is 18.0 Å². The van der Waals surface area contributed by atoms with E-state index in [0.29, 0.717) is 5.56 Å². The highest BCUT2D eigenvalue weighted by atomic mass is 79.9. The van der Waals surface area contributed by atoms with Gasteiger partial charge in [0.05, 0.1) is 6.54 Å². The molecule has 1 atom stereocenters. The van der Waals surface area contributed by atoms with Gasteiger partial charge >= 0.3 is 0 Å². The molecule has 1 N–H and O–H groups in total. The number of hydrogen-bond acceptors (Lipinski definition) is 2. The van der Waals surface area contributed by atoms with E-state index in [-0.39, 0.29) is 24.3 Å². The Morgan fingerprint density at radius 3 is 2.59 bits per heavy atom. The molecule has 0 bridgehead atoms. The summed E-state index contributed by atoms with van der Waals surface area (Å²) in [6, 6.07) is 14.2. The van der Waals surface area contributed by atoms with E-state index in [9.17, 15) is 9.18 Å². The molecule has 0 saturated carbocycles. The molecule has 0 aliphatic carbocycles. The number of nitrogens with one attached hydrogen (secondary N) is 1. The van der Waals surface area contributed by atoms with Gasteiger partial charge in [0.1, 0.15) is 5.82 Å². The van der Waals surface area contributed by atoms with Crippen molar-refractivity contribution in [1.82, 2.24) is 4.90 Å². The van der Waals surface area contributed by atoms with Crippen LogP contribution in [-0.4, -0.2) is 23.9 Å². The first kappa shape index (κ1) is 15.2. The summed E-state index contributed by atoms with van der Waals surface area (Å²) in [7, 11) is 0. The molecule has 1 saturated heterocycles. The summed E-state index contributed by atoms with van der Waals surface area (Å²) in [6.45, 7) is 1.09. The standard InChI is InChI=1S/C17H16BrFN2O/c18-12-5-7-13(8-6-12)20-17(22)11-21-10-9-16(21)14-3-1-2-4-15(14)19/h1-8,16H,9-11H2,(H,20,22)/t16-/m1/s1. The minimum Gasteiger partial charge on any atom is -0.325 e. The van der Waals surface area contributed by atoms with E-state index < -0.39 is 0 Å². The van der Waals surface area contributed by atoms with E-state index in [2.05, 4.69) is 21.2 Å². The third-order valence-electron chi connectivity index (χ3n) is 3.87. The smallest absolute Gasteiger partial charge is 0.238 e. The van der Waals surface area contributed by atoms with Crippen LogP contribution in [0.25, 0.3) is 0 Å². The minimum absolute atomic E-state index is 0.00290. The van der Waals surface area contributed by atoms with Gasteiger partial charge in [-0.3, -0.25) is 9.69 Å². The van der Waals surface area contributed by atoms with Crippen LogP contribution in [0.5, 0.6) is 0 Å². The molecule has 1 amide bonds. The zero-order chi connectivity index (χ0) is 15.5. The monoisotopic (exact) mass is 362 g/mol. The number of carbonyl (C=O) groups excluding carboxylic acids is 1. The lowest BCUT2D eigenvalue weighted by Crippen LogP contribution is -2.45. The van der Waals surface area contributed by atoms with Gasteiger partial charge < -0.3 is 5.32 Å². The van der Waals surface area contributed by atoms with Crippen molar-refractivity contribution in [3.63, 3.8) is 0 Å². The number of amides is 1. The lowest BCUT2D eigenvalue weighted by molar-refractivity contribution is -0.119. The number of benzene rings is 2. The molecule has 1 heterocycles. The molecule has 5 heteroatoms. The van der Waals surface area contributed by atoms with E-state index in [1.165, 1.54) is 6.07 Å². The second kappa shape index (κ2) is 6.58. The number of anilines is 1. The Kier molecular flexibility index (Phi) is 4.55. The first-order valence-corrected chi connectivity index (χ1v) is 7.96. The Labute approximate surface area is 137 Å². The van der Waals surface area contributed by atoms with Crippen LogP contribution in [-0.2, 0) is 4.79 Å².